The standard InChI is InChI=1S/C8H4F3N3O2/c9-8(10,11)16-6-1-4(2-12)7(13)5(3-15)14-6/h1,3H,13H2. The van der Waals surface area contributed by atoms with Crippen molar-refractivity contribution in [2.24, 2.45) is 0 Å². The number of carbonyl (C=O) groups excluding carboxylic acids is 1. The minimum absolute atomic E-state index is 0.138. The maximum atomic E-state index is 11.8. The van der Waals surface area contributed by atoms with Crippen LogP contribution < -0.4 is 10.5 Å². The van der Waals surface area contributed by atoms with Crippen molar-refractivity contribution in [3.8, 4) is 11.9 Å². The van der Waals surface area contributed by atoms with E-state index >= 15 is 0 Å². The summed E-state index contributed by atoms with van der Waals surface area (Å²) in [5.74, 6) is -0.902. The van der Waals surface area contributed by atoms with Gasteiger partial charge in [-0.15, -0.1) is 13.2 Å². The van der Waals surface area contributed by atoms with Crippen molar-refractivity contribution in [2.75, 3.05) is 5.73 Å². The lowest BCUT2D eigenvalue weighted by Crippen LogP contribution is -2.18. The highest BCUT2D eigenvalue weighted by atomic mass is 19.4. The molecule has 1 rings (SSSR count). The molecule has 0 spiro atoms. The Kier molecular flexibility index (Phi) is 2.99. The average Bonchev–Trinajstić information content (AvgIpc) is 2.18. The van der Waals surface area contributed by atoms with E-state index in [1.165, 1.54) is 6.07 Å². The molecule has 0 aromatic carbocycles. The van der Waals surface area contributed by atoms with Gasteiger partial charge in [0.1, 0.15) is 11.8 Å². The van der Waals surface area contributed by atoms with Crippen molar-refractivity contribution in [1.29, 1.82) is 5.26 Å². The molecule has 0 fully saturated rings. The molecule has 0 amide bonds. The Balaban J connectivity index is 3.24. The van der Waals surface area contributed by atoms with Gasteiger partial charge >= 0.3 is 6.36 Å². The number of aromatic nitrogens is 1. The lowest BCUT2D eigenvalue weighted by atomic mass is 10.2. The van der Waals surface area contributed by atoms with Crippen LogP contribution in [0.2, 0.25) is 0 Å². The SMILES string of the molecule is N#Cc1cc(OC(F)(F)F)nc(C=O)c1N. The van der Waals surface area contributed by atoms with E-state index in [9.17, 15) is 18.0 Å². The molecule has 5 nitrogen and oxygen atoms in total. The van der Waals surface area contributed by atoms with Gasteiger partial charge in [-0.1, -0.05) is 0 Å². The molecule has 16 heavy (non-hydrogen) atoms. The summed E-state index contributed by atoms with van der Waals surface area (Å²) in [4.78, 5) is 13.6. The average molecular weight is 231 g/mol. The summed E-state index contributed by atoms with van der Waals surface area (Å²) < 4.78 is 39.0. The summed E-state index contributed by atoms with van der Waals surface area (Å²) >= 11 is 0. The molecule has 84 valence electrons. The normalized spacial score (nSPS) is 10.6. The lowest BCUT2D eigenvalue weighted by Gasteiger charge is -2.09. The van der Waals surface area contributed by atoms with Crippen LogP contribution in [0.4, 0.5) is 18.9 Å². The van der Waals surface area contributed by atoms with Crippen molar-refractivity contribution in [1.82, 2.24) is 4.98 Å². The third-order valence-electron chi connectivity index (χ3n) is 1.52. The maximum Gasteiger partial charge on any atom is 0.574 e. The Bertz CT molecular complexity index is 465. The maximum absolute atomic E-state index is 11.8. The zero-order valence-corrected chi connectivity index (χ0v) is 7.58. The molecule has 0 bridgehead atoms. The number of rotatable bonds is 2. The molecule has 0 atom stereocenters. The molecule has 0 aliphatic rings. The lowest BCUT2D eigenvalue weighted by molar-refractivity contribution is -0.276. The number of hydrogen-bond acceptors (Lipinski definition) is 5. The van der Waals surface area contributed by atoms with Crippen LogP contribution in [-0.4, -0.2) is 17.6 Å². The number of hydrogen-bond donors (Lipinski definition) is 1. The molecule has 0 saturated carbocycles. The summed E-state index contributed by atoms with van der Waals surface area (Å²) in [5, 5.41) is 8.55. The summed E-state index contributed by atoms with van der Waals surface area (Å²) in [6.07, 6.45) is -4.81. The van der Waals surface area contributed by atoms with Gasteiger partial charge in [-0.3, -0.25) is 4.79 Å². The van der Waals surface area contributed by atoms with E-state index in [0.717, 1.165) is 0 Å². The third kappa shape index (κ3) is 2.60. The highest BCUT2D eigenvalue weighted by molar-refractivity contribution is 5.83. The number of ether oxygens (including phenoxy) is 1. The van der Waals surface area contributed by atoms with Crippen molar-refractivity contribution < 1.29 is 22.7 Å². The Morgan fingerprint density at radius 3 is 2.62 bits per heavy atom. The molecule has 0 radical (unpaired) electrons. The minimum Gasteiger partial charge on any atom is -0.396 e. The van der Waals surface area contributed by atoms with Gasteiger partial charge in [0.05, 0.1) is 11.3 Å². The Morgan fingerprint density at radius 1 is 1.56 bits per heavy atom. The van der Waals surface area contributed by atoms with E-state index in [1.807, 2.05) is 0 Å². The van der Waals surface area contributed by atoms with Gasteiger partial charge in [0.15, 0.2) is 6.29 Å². The van der Waals surface area contributed by atoms with Crippen molar-refractivity contribution in [3.63, 3.8) is 0 Å². The van der Waals surface area contributed by atoms with E-state index < -0.39 is 17.9 Å². The van der Waals surface area contributed by atoms with Crippen LogP contribution in [0.1, 0.15) is 16.1 Å². The number of aldehydes is 1. The Labute approximate surface area is 87.3 Å². The fourth-order valence-corrected chi connectivity index (χ4v) is 0.904. The number of nitrogens with two attached hydrogens (primary N) is 1. The molecule has 0 aliphatic carbocycles. The summed E-state index contributed by atoms with van der Waals surface area (Å²) in [6, 6.07) is 2.23. The fourth-order valence-electron chi connectivity index (χ4n) is 0.904. The quantitative estimate of drug-likeness (QED) is 0.773. The van der Waals surface area contributed by atoms with E-state index in [0.29, 0.717) is 6.07 Å². The number of anilines is 1. The van der Waals surface area contributed by atoms with E-state index in [4.69, 9.17) is 11.0 Å². The number of halogens is 3. The second-order valence-electron chi connectivity index (χ2n) is 2.58. The fraction of sp³-hybridized carbons (Fsp3) is 0.125. The largest absolute Gasteiger partial charge is 0.574 e. The molecule has 2 N–H and O–H groups in total. The summed E-state index contributed by atoms with van der Waals surface area (Å²) in [5.41, 5.74) is 4.22. The van der Waals surface area contributed by atoms with E-state index in [1.54, 1.807) is 0 Å². The first-order chi connectivity index (χ1) is 7.37. The zero-order chi connectivity index (χ0) is 12.3. The van der Waals surface area contributed by atoms with Crippen LogP contribution >= 0.6 is 0 Å². The smallest absolute Gasteiger partial charge is 0.396 e. The monoisotopic (exact) mass is 231 g/mol. The molecule has 1 heterocycles. The molecule has 0 unspecified atom stereocenters. The predicted octanol–water partition coefficient (Wildman–Crippen LogP) is 1.25. The van der Waals surface area contributed by atoms with Gasteiger partial charge in [0.2, 0.25) is 5.88 Å². The van der Waals surface area contributed by atoms with Crippen molar-refractivity contribution >= 4 is 12.0 Å². The molecule has 0 saturated heterocycles. The Morgan fingerprint density at radius 2 is 2.19 bits per heavy atom. The van der Waals surface area contributed by atoms with Crippen molar-refractivity contribution in [3.05, 3.63) is 17.3 Å². The number of carbonyl (C=O) groups is 1. The van der Waals surface area contributed by atoms with Crippen LogP contribution in [0, 0.1) is 11.3 Å². The van der Waals surface area contributed by atoms with Gasteiger partial charge in [-0.2, -0.15) is 5.26 Å². The van der Waals surface area contributed by atoms with E-state index in [2.05, 4.69) is 9.72 Å². The highest BCUT2D eigenvalue weighted by Crippen LogP contribution is 2.25. The first-order valence-corrected chi connectivity index (χ1v) is 3.79. The van der Waals surface area contributed by atoms with Gasteiger partial charge < -0.3 is 10.5 Å². The molecule has 8 heteroatoms. The molecule has 1 aromatic heterocycles. The number of nitriles is 1. The number of alkyl halides is 3. The highest BCUT2D eigenvalue weighted by Gasteiger charge is 2.32. The number of nitrogens with zero attached hydrogens (tertiary/aromatic N) is 2. The van der Waals surface area contributed by atoms with E-state index in [-0.39, 0.29) is 17.5 Å². The zero-order valence-electron chi connectivity index (χ0n) is 7.58. The second-order valence-corrected chi connectivity index (χ2v) is 2.58. The van der Waals surface area contributed by atoms with Gasteiger partial charge in [0, 0.05) is 6.07 Å². The van der Waals surface area contributed by atoms with Crippen LogP contribution in [0.5, 0.6) is 5.88 Å². The molecule has 1 aromatic rings. The summed E-state index contributed by atoms with van der Waals surface area (Å²) in [6.45, 7) is 0. The first-order valence-electron chi connectivity index (χ1n) is 3.79. The van der Waals surface area contributed by atoms with Gasteiger partial charge in [-0.25, -0.2) is 4.98 Å². The molecular formula is C8H4F3N3O2. The summed E-state index contributed by atoms with van der Waals surface area (Å²) in [7, 11) is 0. The number of nitrogen functional groups attached to an aromatic ring is 1. The van der Waals surface area contributed by atoms with Crippen LogP contribution in [0.25, 0.3) is 0 Å². The molecule has 0 aliphatic heterocycles. The Hall–Kier alpha value is -2.30. The third-order valence-corrected chi connectivity index (χ3v) is 1.52. The van der Waals surface area contributed by atoms with Crippen LogP contribution in [0.3, 0.4) is 0 Å². The van der Waals surface area contributed by atoms with Crippen LogP contribution in [0.15, 0.2) is 6.07 Å². The van der Waals surface area contributed by atoms with Crippen molar-refractivity contribution in [2.45, 2.75) is 6.36 Å². The topological polar surface area (TPSA) is 89.0 Å². The molecular weight excluding hydrogens is 227 g/mol. The van der Waals surface area contributed by atoms with Crippen LogP contribution in [-0.2, 0) is 0 Å². The number of pyridine rings is 1. The minimum atomic E-state index is -4.95. The first kappa shape index (κ1) is 11.8. The second kappa shape index (κ2) is 4.06. The van der Waals surface area contributed by atoms with Gasteiger partial charge in [-0.05, 0) is 0 Å². The predicted molar refractivity (Wildman–Crippen MR) is 45.4 cm³/mol. The van der Waals surface area contributed by atoms with Gasteiger partial charge in [0.25, 0.3) is 0 Å².